The van der Waals surface area contributed by atoms with Gasteiger partial charge in [0.05, 0.1) is 13.1 Å². The molecule has 136 valence electrons. The topological polar surface area (TPSA) is 39.7 Å². The number of aliphatic imine (C=N–C) groups is 1. The molecule has 0 aliphatic heterocycles. The quantitative estimate of drug-likeness (QED) is 0.433. The van der Waals surface area contributed by atoms with Gasteiger partial charge in [0.15, 0.2) is 5.96 Å². The standard InChI is InChI=1S/C17H27F3N4/c1-4-21-16(23-12-15-9-6-5-8-14(15)2)22-10-7-11-24(3)13-17(18,19)20/h5-6,8-9H,4,7,10-13H2,1-3H3,(H2,21,22,23). The molecule has 24 heavy (non-hydrogen) atoms. The van der Waals surface area contributed by atoms with Crippen LogP contribution in [0.5, 0.6) is 0 Å². The molecule has 0 heterocycles. The smallest absolute Gasteiger partial charge is 0.357 e. The van der Waals surface area contributed by atoms with Crippen LogP contribution >= 0.6 is 0 Å². The van der Waals surface area contributed by atoms with Crippen LogP contribution in [0.2, 0.25) is 0 Å². The Labute approximate surface area is 142 Å². The third-order valence-electron chi connectivity index (χ3n) is 3.47. The van der Waals surface area contributed by atoms with Crippen LogP contribution in [0, 0.1) is 6.92 Å². The fourth-order valence-electron chi connectivity index (χ4n) is 2.23. The van der Waals surface area contributed by atoms with E-state index in [4.69, 9.17) is 0 Å². The van der Waals surface area contributed by atoms with Crippen LogP contribution in [-0.2, 0) is 6.54 Å². The van der Waals surface area contributed by atoms with E-state index in [1.165, 1.54) is 17.5 Å². The minimum atomic E-state index is -4.15. The van der Waals surface area contributed by atoms with Crippen molar-refractivity contribution in [1.29, 1.82) is 0 Å². The zero-order chi connectivity index (χ0) is 18.0. The Kier molecular flexibility index (Phi) is 8.60. The van der Waals surface area contributed by atoms with Crippen LogP contribution < -0.4 is 10.6 Å². The van der Waals surface area contributed by atoms with Gasteiger partial charge in [0.2, 0.25) is 0 Å². The maximum atomic E-state index is 12.3. The lowest BCUT2D eigenvalue weighted by Gasteiger charge is -2.19. The summed E-state index contributed by atoms with van der Waals surface area (Å²) in [4.78, 5) is 5.80. The summed E-state index contributed by atoms with van der Waals surface area (Å²) in [5.41, 5.74) is 2.34. The minimum absolute atomic E-state index is 0.379. The molecule has 0 saturated carbocycles. The number of nitrogens with one attached hydrogen (secondary N) is 2. The van der Waals surface area contributed by atoms with Gasteiger partial charge < -0.3 is 10.6 Å². The fraction of sp³-hybridized carbons (Fsp3) is 0.588. The molecule has 0 atom stereocenters. The van der Waals surface area contributed by atoms with Gasteiger partial charge in [-0.15, -0.1) is 0 Å². The van der Waals surface area contributed by atoms with Crippen molar-refractivity contribution in [3.8, 4) is 0 Å². The highest BCUT2D eigenvalue weighted by atomic mass is 19.4. The third-order valence-corrected chi connectivity index (χ3v) is 3.47. The Bertz CT molecular complexity index is 515. The predicted octanol–water partition coefficient (Wildman–Crippen LogP) is 2.93. The monoisotopic (exact) mass is 344 g/mol. The molecule has 1 aromatic rings. The molecular weight excluding hydrogens is 317 g/mol. The summed E-state index contributed by atoms with van der Waals surface area (Å²) < 4.78 is 36.8. The Balaban J connectivity index is 2.40. The maximum absolute atomic E-state index is 12.3. The number of benzene rings is 1. The van der Waals surface area contributed by atoms with E-state index in [2.05, 4.69) is 15.6 Å². The molecular formula is C17H27F3N4. The van der Waals surface area contributed by atoms with Gasteiger partial charge in [-0.05, 0) is 45.0 Å². The fourth-order valence-corrected chi connectivity index (χ4v) is 2.23. The average Bonchev–Trinajstić information content (AvgIpc) is 2.48. The largest absolute Gasteiger partial charge is 0.401 e. The summed E-state index contributed by atoms with van der Waals surface area (Å²) in [6.07, 6.45) is -3.53. The molecule has 1 rings (SSSR count). The van der Waals surface area contributed by atoms with E-state index < -0.39 is 12.7 Å². The molecule has 4 nitrogen and oxygen atoms in total. The van der Waals surface area contributed by atoms with Crippen LogP contribution in [0.3, 0.4) is 0 Å². The number of nitrogens with zero attached hydrogens (tertiary/aromatic N) is 2. The molecule has 7 heteroatoms. The number of aryl methyl sites for hydroxylation is 1. The molecule has 0 amide bonds. The molecule has 0 aromatic heterocycles. The van der Waals surface area contributed by atoms with Crippen molar-refractivity contribution >= 4 is 5.96 Å². The van der Waals surface area contributed by atoms with E-state index >= 15 is 0 Å². The van der Waals surface area contributed by atoms with Crippen molar-refractivity contribution in [1.82, 2.24) is 15.5 Å². The number of guanidine groups is 1. The lowest BCUT2D eigenvalue weighted by Crippen LogP contribution is -2.39. The first kappa shape index (κ1) is 20.3. The Morgan fingerprint density at radius 3 is 2.54 bits per heavy atom. The molecule has 2 N–H and O–H groups in total. The molecule has 0 unspecified atom stereocenters. The second kappa shape index (κ2) is 10.2. The summed E-state index contributed by atoms with van der Waals surface area (Å²) in [6, 6.07) is 8.05. The highest BCUT2D eigenvalue weighted by molar-refractivity contribution is 5.79. The predicted molar refractivity (Wildman–Crippen MR) is 92.2 cm³/mol. The first-order valence-electron chi connectivity index (χ1n) is 8.14. The summed E-state index contributed by atoms with van der Waals surface area (Å²) in [6.45, 7) is 5.38. The minimum Gasteiger partial charge on any atom is -0.357 e. The zero-order valence-electron chi connectivity index (χ0n) is 14.6. The molecule has 0 bridgehead atoms. The van der Waals surface area contributed by atoms with E-state index in [-0.39, 0.29) is 0 Å². The lowest BCUT2D eigenvalue weighted by atomic mass is 10.1. The van der Waals surface area contributed by atoms with E-state index in [0.29, 0.717) is 32.0 Å². The molecule has 0 saturated heterocycles. The van der Waals surface area contributed by atoms with Crippen molar-refractivity contribution in [3.63, 3.8) is 0 Å². The van der Waals surface area contributed by atoms with E-state index in [9.17, 15) is 13.2 Å². The lowest BCUT2D eigenvalue weighted by molar-refractivity contribution is -0.143. The van der Waals surface area contributed by atoms with Gasteiger partial charge in [-0.25, -0.2) is 4.99 Å². The van der Waals surface area contributed by atoms with Crippen LogP contribution in [0.15, 0.2) is 29.3 Å². The van der Waals surface area contributed by atoms with Crippen LogP contribution in [0.4, 0.5) is 13.2 Å². The zero-order valence-corrected chi connectivity index (χ0v) is 14.6. The molecule has 0 fully saturated rings. The average molecular weight is 344 g/mol. The number of hydrogen-bond acceptors (Lipinski definition) is 2. The highest BCUT2D eigenvalue weighted by Crippen LogP contribution is 2.15. The van der Waals surface area contributed by atoms with Gasteiger partial charge in [0.1, 0.15) is 0 Å². The Morgan fingerprint density at radius 2 is 1.92 bits per heavy atom. The molecule has 0 spiro atoms. The molecule has 0 radical (unpaired) electrons. The summed E-state index contributed by atoms with van der Waals surface area (Å²) in [7, 11) is 1.48. The summed E-state index contributed by atoms with van der Waals surface area (Å²) in [5, 5.41) is 6.30. The second-order valence-electron chi connectivity index (χ2n) is 5.75. The van der Waals surface area contributed by atoms with Crippen molar-refractivity contribution in [2.45, 2.75) is 33.0 Å². The number of alkyl halides is 3. The molecule has 1 aromatic carbocycles. The number of halogens is 3. The summed E-state index contributed by atoms with van der Waals surface area (Å²) in [5.74, 6) is 0.680. The van der Waals surface area contributed by atoms with E-state index in [1.807, 2.05) is 38.1 Å². The SMILES string of the molecule is CCNC(=NCc1ccccc1C)NCCCN(C)CC(F)(F)F. The first-order chi connectivity index (χ1) is 11.3. The van der Waals surface area contributed by atoms with Crippen molar-refractivity contribution in [2.75, 3.05) is 33.2 Å². The maximum Gasteiger partial charge on any atom is 0.401 e. The molecule has 0 aliphatic carbocycles. The van der Waals surface area contributed by atoms with Crippen LogP contribution in [0.1, 0.15) is 24.5 Å². The summed E-state index contributed by atoms with van der Waals surface area (Å²) >= 11 is 0. The van der Waals surface area contributed by atoms with Gasteiger partial charge in [-0.1, -0.05) is 24.3 Å². The van der Waals surface area contributed by atoms with Crippen LogP contribution in [-0.4, -0.2) is 50.3 Å². The van der Waals surface area contributed by atoms with Gasteiger partial charge >= 0.3 is 6.18 Å². The van der Waals surface area contributed by atoms with Gasteiger partial charge in [-0.3, -0.25) is 4.90 Å². The van der Waals surface area contributed by atoms with Crippen molar-refractivity contribution < 1.29 is 13.2 Å². The Morgan fingerprint density at radius 1 is 1.21 bits per heavy atom. The van der Waals surface area contributed by atoms with Gasteiger partial charge in [0.25, 0.3) is 0 Å². The Hall–Kier alpha value is -1.76. The number of rotatable bonds is 8. The van der Waals surface area contributed by atoms with Crippen molar-refractivity contribution in [3.05, 3.63) is 35.4 Å². The van der Waals surface area contributed by atoms with Gasteiger partial charge in [0, 0.05) is 13.1 Å². The third kappa shape index (κ3) is 8.76. The molecule has 0 aliphatic rings. The second-order valence-corrected chi connectivity index (χ2v) is 5.75. The van der Waals surface area contributed by atoms with Crippen LogP contribution in [0.25, 0.3) is 0 Å². The first-order valence-corrected chi connectivity index (χ1v) is 8.14. The number of hydrogen-bond donors (Lipinski definition) is 2. The van der Waals surface area contributed by atoms with E-state index in [1.54, 1.807) is 0 Å². The van der Waals surface area contributed by atoms with Crippen molar-refractivity contribution in [2.24, 2.45) is 4.99 Å². The normalized spacial score (nSPS) is 12.5. The van der Waals surface area contributed by atoms with Gasteiger partial charge in [-0.2, -0.15) is 13.2 Å². The van der Waals surface area contributed by atoms with E-state index in [0.717, 1.165) is 12.1 Å². The highest BCUT2D eigenvalue weighted by Gasteiger charge is 2.28.